The van der Waals surface area contributed by atoms with Gasteiger partial charge in [0.15, 0.2) is 5.96 Å². The average Bonchev–Trinajstić information content (AvgIpc) is 3.47. The number of nitrogens with one attached hydrogen (secondary N) is 2. The minimum absolute atomic E-state index is 0.252. The van der Waals surface area contributed by atoms with Gasteiger partial charge in [0.05, 0.1) is 6.04 Å². The van der Waals surface area contributed by atoms with Gasteiger partial charge in [-0.1, -0.05) is 30.3 Å². The van der Waals surface area contributed by atoms with Crippen molar-refractivity contribution in [1.82, 2.24) is 20.4 Å². The van der Waals surface area contributed by atoms with Crippen LogP contribution in [0.1, 0.15) is 48.8 Å². The van der Waals surface area contributed by atoms with Crippen molar-refractivity contribution in [2.24, 2.45) is 4.99 Å². The van der Waals surface area contributed by atoms with Crippen molar-refractivity contribution in [1.29, 1.82) is 0 Å². The number of nitrogens with zero attached hydrogens (tertiary/aromatic N) is 3. The van der Waals surface area contributed by atoms with Crippen LogP contribution >= 0.6 is 0 Å². The van der Waals surface area contributed by atoms with E-state index in [9.17, 15) is 0 Å². The molecule has 6 nitrogen and oxygen atoms in total. The lowest BCUT2D eigenvalue weighted by Crippen LogP contribution is -2.49. The van der Waals surface area contributed by atoms with Gasteiger partial charge in [-0.3, -0.25) is 14.8 Å². The van der Waals surface area contributed by atoms with E-state index in [2.05, 4.69) is 67.9 Å². The second-order valence-electron chi connectivity index (χ2n) is 8.84. The van der Waals surface area contributed by atoms with Crippen LogP contribution in [0.3, 0.4) is 0 Å². The first-order valence-corrected chi connectivity index (χ1v) is 11.7. The van der Waals surface area contributed by atoms with E-state index in [0.717, 1.165) is 69.6 Å². The summed E-state index contributed by atoms with van der Waals surface area (Å²) in [5.41, 5.74) is 1.40. The lowest BCUT2D eigenvalue weighted by Gasteiger charge is -2.33. The van der Waals surface area contributed by atoms with E-state index < -0.39 is 0 Å². The molecule has 1 aromatic heterocycles. The quantitative estimate of drug-likeness (QED) is 0.527. The maximum absolute atomic E-state index is 5.99. The van der Waals surface area contributed by atoms with Crippen molar-refractivity contribution in [2.45, 2.75) is 51.2 Å². The largest absolute Gasteiger partial charge is 0.465 e. The summed E-state index contributed by atoms with van der Waals surface area (Å²) in [4.78, 5) is 9.57. The molecule has 2 N–H and O–H groups in total. The van der Waals surface area contributed by atoms with Crippen LogP contribution < -0.4 is 10.6 Å². The molecule has 0 radical (unpaired) electrons. The van der Waals surface area contributed by atoms with Crippen LogP contribution in [-0.2, 0) is 6.54 Å². The van der Waals surface area contributed by atoms with Crippen molar-refractivity contribution in [2.75, 3.05) is 39.8 Å². The molecule has 31 heavy (non-hydrogen) atoms. The van der Waals surface area contributed by atoms with Crippen LogP contribution in [0.4, 0.5) is 0 Å². The van der Waals surface area contributed by atoms with E-state index in [1.54, 1.807) is 0 Å². The molecule has 168 valence electrons. The van der Waals surface area contributed by atoms with Gasteiger partial charge in [-0.15, -0.1) is 0 Å². The third kappa shape index (κ3) is 6.11. The Kier molecular flexibility index (Phi) is 7.65. The SMILES string of the molecule is CN=C(NCC(c1ccc(C)o1)N1CCCC1)NC1CCN(Cc2ccccc2)CC1. The Morgan fingerprint density at radius 2 is 1.81 bits per heavy atom. The van der Waals surface area contributed by atoms with Gasteiger partial charge >= 0.3 is 0 Å². The molecule has 0 amide bonds. The molecule has 2 saturated heterocycles. The molecular weight excluding hydrogens is 386 g/mol. The summed E-state index contributed by atoms with van der Waals surface area (Å²) in [6.07, 6.45) is 4.82. The maximum atomic E-state index is 5.99. The highest BCUT2D eigenvalue weighted by atomic mass is 16.3. The summed E-state index contributed by atoms with van der Waals surface area (Å²) in [6, 6.07) is 15.7. The van der Waals surface area contributed by atoms with Gasteiger partial charge in [0.25, 0.3) is 0 Å². The number of guanidine groups is 1. The molecule has 2 aromatic rings. The fraction of sp³-hybridized carbons (Fsp3) is 0.560. The molecule has 1 atom stereocenters. The van der Waals surface area contributed by atoms with Crippen LogP contribution in [0.2, 0.25) is 0 Å². The Labute approximate surface area is 186 Å². The van der Waals surface area contributed by atoms with Gasteiger partial charge in [0.1, 0.15) is 11.5 Å². The molecular formula is C25H37N5O. The van der Waals surface area contributed by atoms with E-state index in [-0.39, 0.29) is 6.04 Å². The maximum Gasteiger partial charge on any atom is 0.191 e. The first kappa shape index (κ1) is 21.9. The standard InChI is InChI=1S/C25H37N5O/c1-20-10-11-24(31-20)23(30-14-6-7-15-30)18-27-25(26-2)28-22-12-16-29(17-13-22)19-21-8-4-3-5-9-21/h3-5,8-11,22-23H,6-7,12-19H2,1-2H3,(H2,26,27,28). The van der Waals surface area contributed by atoms with Gasteiger partial charge in [-0.25, -0.2) is 0 Å². The summed E-state index contributed by atoms with van der Waals surface area (Å²) in [5.74, 6) is 2.93. The Morgan fingerprint density at radius 1 is 1.06 bits per heavy atom. The van der Waals surface area contributed by atoms with Crippen molar-refractivity contribution in [3.05, 3.63) is 59.5 Å². The lowest BCUT2D eigenvalue weighted by molar-refractivity contribution is 0.197. The van der Waals surface area contributed by atoms with Gasteiger partial charge in [0, 0.05) is 39.3 Å². The number of piperidine rings is 1. The zero-order valence-corrected chi connectivity index (χ0v) is 19.0. The fourth-order valence-corrected chi connectivity index (χ4v) is 4.75. The molecule has 4 rings (SSSR count). The lowest BCUT2D eigenvalue weighted by atomic mass is 10.0. The number of benzene rings is 1. The van der Waals surface area contributed by atoms with E-state index in [1.165, 1.54) is 18.4 Å². The monoisotopic (exact) mass is 423 g/mol. The van der Waals surface area contributed by atoms with E-state index >= 15 is 0 Å². The molecule has 0 aliphatic carbocycles. The minimum Gasteiger partial charge on any atom is -0.465 e. The fourth-order valence-electron chi connectivity index (χ4n) is 4.75. The summed E-state index contributed by atoms with van der Waals surface area (Å²) in [5, 5.41) is 7.23. The molecule has 3 heterocycles. The van der Waals surface area contributed by atoms with Crippen molar-refractivity contribution < 1.29 is 4.42 Å². The molecule has 2 aliphatic rings. The first-order chi connectivity index (χ1) is 15.2. The first-order valence-electron chi connectivity index (χ1n) is 11.7. The minimum atomic E-state index is 0.252. The normalized spacial score (nSPS) is 20.1. The molecule has 0 saturated carbocycles. The summed E-state index contributed by atoms with van der Waals surface area (Å²) in [7, 11) is 1.86. The highest BCUT2D eigenvalue weighted by Crippen LogP contribution is 2.26. The van der Waals surface area contributed by atoms with Crippen molar-refractivity contribution in [3.8, 4) is 0 Å². The Hall–Kier alpha value is -2.31. The number of aliphatic imine (C=N–C) groups is 1. The highest BCUT2D eigenvalue weighted by Gasteiger charge is 2.26. The Bertz CT molecular complexity index is 819. The summed E-state index contributed by atoms with van der Waals surface area (Å²) < 4.78 is 5.99. The van der Waals surface area contributed by atoms with Crippen molar-refractivity contribution >= 4 is 5.96 Å². The zero-order valence-electron chi connectivity index (χ0n) is 19.0. The third-order valence-electron chi connectivity index (χ3n) is 6.53. The molecule has 1 aromatic carbocycles. The van der Waals surface area contributed by atoms with E-state index in [4.69, 9.17) is 4.42 Å². The number of hydrogen-bond donors (Lipinski definition) is 2. The van der Waals surface area contributed by atoms with Gasteiger partial charge in [-0.05, 0) is 63.4 Å². The summed E-state index contributed by atoms with van der Waals surface area (Å²) in [6.45, 7) is 8.37. The molecule has 0 spiro atoms. The average molecular weight is 424 g/mol. The number of furan rings is 1. The second kappa shape index (κ2) is 10.8. The van der Waals surface area contributed by atoms with Crippen LogP contribution in [0, 0.1) is 6.92 Å². The van der Waals surface area contributed by atoms with Gasteiger partial charge < -0.3 is 15.1 Å². The third-order valence-corrected chi connectivity index (χ3v) is 6.53. The summed E-state index contributed by atoms with van der Waals surface area (Å²) >= 11 is 0. The molecule has 6 heteroatoms. The topological polar surface area (TPSA) is 56.0 Å². The zero-order chi connectivity index (χ0) is 21.5. The number of rotatable bonds is 7. The van der Waals surface area contributed by atoms with Crippen molar-refractivity contribution in [3.63, 3.8) is 0 Å². The Balaban J connectivity index is 1.26. The highest BCUT2D eigenvalue weighted by molar-refractivity contribution is 5.80. The molecule has 1 unspecified atom stereocenters. The molecule has 0 bridgehead atoms. The number of aryl methyl sites for hydroxylation is 1. The van der Waals surface area contributed by atoms with E-state index in [0.29, 0.717) is 6.04 Å². The van der Waals surface area contributed by atoms with Gasteiger partial charge in [0.2, 0.25) is 0 Å². The van der Waals surface area contributed by atoms with Crippen LogP contribution in [0.5, 0.6) is 0 Å². The predicted molar refractivity (Wildman–Crippen MR) is 126 cm³/mol. The number of hydrogen-bond acceptors (Lipinski definition) is 4. The number of likely N-dealkylation sites (tertiary alicyclic amines) is 2. The Morgan fingerprint density at radius 3 is 2.45 bits per heavy atom. The smallest absolute Gasteiger partial charge is 0.191 e. The van der Waals surface area contributed by atoms with Crippen LogP contribution in [0.15, 0.2) is 51.9 Å². The predicted octanol–water partition coefficient (Wildman–Crippen LogP) is 3.55. The molecule has 2 fully saturated rings. The van der Waals surface area contributed by atoms with E-state index in [1.807, 2.05) is 14.0 Å². The molecule has 2 aliphatic heterocycles. The van der Waals surface area contributed by atoms with Crippen LogP contribution in [-0.4, -0.2) is 61.6 Å². The second-order valence-corrected chi connectivity index (χ2v) is 8.84. The van der Waals surface area contributed by atoms with Gasteiger partial charge in [-0.2, -0.15) is 0 Å². The van der Waals surface area contributed by atoms with Crippen LogP contribution in [0.25, 0.3) is 0 Å².